The highest BCUT2D eigenvalue weighted by atomic mass is 19.1. The molecule has 0 N–H and O–H groups in total. The Hall–Kier alpha value is -1.91. The van der Waals surface area contributed by atoms with E-state index in [9.17, 15) is 14.0 Å². The third-order valence-corrected chi connectivity index (χ3v) is 4.20. The molecule has 2 rings (SSSR count). The zero-order valence-corrected chi connectivity index (χ0v) is 13.2. The minimum absolute atomic E-state index is 0.0731. The molecule has 0 saturated carbocycles. The standard InChI is InChI=1S/C17H23FN2O2/c1-19(2)16(21)11-14-7-9-20(10-8-14)17(22)12-13-3-5-15(18)6-4-13/h3-6,14H,7-12H2,1-2H3. The number of hydrogen-bond donors (Lipinski definition) is 0. The third-order valence-electron chi connectivity index (χ3n) is 4.20. The molecule has 5 heteroatoms. The van der Waals surface area contributed by atoms with Crippen LogP contribution in [0.4, 0.5) is 4.39 Å². The van der Waals surface area contributed by atoms with Crippen molar-refractivity contribution >= 4 is 11.8 Å². The van der Waals surface area contributed by atoms with Crippen LogP contribution in [-0.2, 0) is 16.0 Å². The molecule has 0 unspecified atom stereocenters. The topological polar surface area (TPSA) is 40.6 Å². The number of carbonyl (C=O) groups excluding carboxylic acids is 2. The molecule has 22 heavy (non-hydrogen) atoms. The molecule has 0 radical (unpaired) electrons. The van der Waals surface area contributed by atoms with Gasteiger partial charge in [-0.2, -0.15) is 0 Å². The Morgan fingerprint density at radius 1 is 1.18 bits per heavy atom. The van der Waals surface area contributed by atoms with E-state index >= 15 is 0 Å². The van der Waals surface area contributed by atoms with Crippen molar-refractivity contribution in [2.24, 2.45) is 5.92 Å². The lowest BCUT2D eigenvalue weighted by atomic mass is 9.92. The Morgan fingerprint density at radius 2 is 1.77 bits per heavy atom. The first-order valence-electron chi connectivity index (χ1n) is 7.68. The second-order valence-electron chi connectivity index (χ2n) is 6.12. The molecule has 0 atom stereocenters. The maximum absolute atomic E-state index is 12.9. The van der Waals surface area contributed by atoms with Crippen LogP contribution in [0.15, 0.2) is 24.3 Å². The summed E-state index contributed by atoms with van der Waals surface area (Å²) in [5.74, 6) is 0.299. The number of piperidine rings is 1. The van der Waals surface area contributed by atoms with Gasteiger partial charge in [0.05, 0.1) is 6.42 Å². The smallest absolute Gasteiger partial charge is 0.226 e. The molecular weight excluding hydrogens is 283 g/mol. The van der Waals surface area contributed by atoms with Crippen molar-refractivity contribution in [1.82, 2.24) is 9.80 Å². The Balaban J connectivity index is 1.79. The maximum atomic E-state index is 12.9. The van der Waals surface area contributed by atoms with Gasteiger partial charge in [-0.05, 0) is 36.5 Å². The molecule has 1 heterocycles. The van der Waals surface area contributed by atoms with Crippen LogP contribution in [0.25, 0.3) is 0 Å². The molecule has 4 nitrogen and oxygen atoms in total. The van der Waals surface area contributed by atoms with Crippen LogP contribution in [0.3, 0.4) is 0 Å². The van der Waals surface area contributed by atoms with Gasteiger partial charge in [0.25, 0.3) is 0 Å². The van der Waals surface area contributed by atoms with Gasteiger partial charge in [-0.1, -0.05) is 12.1 Å². The quantitative estimate of drug-likeness (QED) is 0.854. The first-order chi connectivity index (χ1) is 10.5. The lowest BCUT2D eigenvalue weighted by molar-refractivity contribution is -0.132. The highest BCUT2D eigenvalue weighted by Gasteiger charge is 2.24. The van der Waals surface area contributed by atoms with Crippen molar-refractivity contribution < 1.29 is 14.0 Å². The van der Waals surface area contributed by atoms with Crippen LogP contribution >= 0.6 is 0 Å². The summed E-state index contributed by atoms with van der Waals surface area (Å²) in [7, 11) is 3.54. The predicted molar refractivity (Wildman–Crippen MR) is 82.7 cm³/mol. The molecular formula is C17H23FN2O2. The molecule has 120 valence electrons. The molecule has 1 aromatic rings. The largest absolute Gasteiger partial charge is 0.349 e. The van der Waals surface area contributed by atoms with Crippen molar-refractivity contribution in [2.45, 2.75) is 25.7 Å². The lowest BCUT2D eigenvalue weighted by Gasteiger charge is -2.32. The fraction of sp³-hybridized carbons (Fsp3) is 0.529. The minimum Gasteiger partial charge on any atom is -0.349 e. The van der Waals surface area contributed by atoms with Gasteiger partial charge < -0.3 is 9.80 Å². The molecule has 1 saturated heterocycles. The van der Waals surface area contributed by atoms with E-state index in [2.05, 4.69) is 0 Å². The summed E-state index contributed by atoms with van der Waals surface area (Å²) < 4.78 is 12.9. The summed E-state index contributed by atoms with van der Waals surface area (Å²) >= 11 is 0. The number of likely N-dealkylation sites (tertiary alicyclic amines) is 1. The average Bonchev–Trinajstić information content (AvgIpc) is 2.50. The minimum atomic E-state index is -0.289. The first kappa shape index (κ1) is 16.5. The molecule has 1 fully saturated rings. The fourth-order valence-corrected chi connectivity index (χ4v) is 2.70. The van der Waals surface area contributed by atoms with Crippen molar-refractivity contribution in [3.63, 3.8) is 0 Å². The van der Waals surface area contributed by atoms with E-state index in [1.54, 1.807) is 31.1 Å². The number of carbonyl (C=O) groups is 2. The number of hydrogen-bond acceptors (Lipinski definition) is 2. The van der Waals surface area contributed by atoms with Crippen molar-refractivity contribution in [2.75, 3.05) is 27.2 Å². The van der Waals surface area contributed by atoms with Gasteiger partial charge in [-0.3, -0.25) is 9.59 Å². The first-order valence-corrected chi connectivity index (χ1v) is 7.68. The summed E-state index contributed by atoms with van der Waals surface area (Å²) in [5.41, 5.74) is 0.830. The zero-order chi connectivity index (χ0) is 16.1. The number of benzene rings is 1. The number of nitrogens with zero attached hydrogens (tertiary/aromatic N) is 2. The SMILES string of the molecule is CN(C)C(=O)CC1CCN(C(=O)Cc2ccc(F)cc2)CC1. The van der Waals surface area contributed by atoms with E-state index in [1.165, 1.54) is 12.1 Å². The van der Waals surface area contributed by atoms with E-state index < -0.39 is 0 Å². The van der Waals surface area contributed by atoms with Crippen LogP contribution in [0.5, 0.6) is 0 Å². The van der Waals surface area contributed by atoms with Gasteiger partial charge in [-0.15, -0.1) is 0 Å². The normalized spacial score (nSPS) is 15.7. The van der Waals surface area contributed by atoms with Crippen LogP contribution < -0.4 is 0 Å². The van der Waals surface area contributed by atoms with Gasteiger partial charge in [0, 0.05) is 33.6 Å². The molecule has 1 aliphatic heterocycles. The highest BCUT2D eigenvalue weighted by Crippen LogP contribution is 2.21. The number of amides is 2. The van der Waals surface area contributed by atoms with Gasteiger partial charge in [0.15, 0.2) is 0 Å². The second-order valence-corrected chi connectivity index (χ2v) is 6.12. The van der Waals surface area contributed by atoms with Crippen LogP contribution in [0, 0.1) is 11.7 Å². The Bertz CT molecular complexity index is 520. The molecule has 0 aliphatic carbocycles. The van der Waals surface area contributed by atoms with E-state index in [4.69, 9.17) is 0 Å². The summed E-state index contributed by atoms with van der Waals surface area (Å²) in [4.78, 5) is 27.4. The summed E-state index contributed by atoms with van der Waals surface area (Å²) in [6.07, 6.45) is 2.61. The fourth-order valence-electron chi connectivity index (χ4n) is 2.70. The lowest BCUT2D eigenvalue weighted by Crippen LogP contribution is -2.40. The van der Waals surface area contributed by atoms with Crippen LogP contribution in [0.2, 0.25) is 0 Å². The molecule has 1 aliphatic rings. The molecule has 0 bridgehead atoms. The summed E-state index contributed by atoms with van der Waals surface area (Å²) in [6.45, 7) is 1.40. The van der Waals surface area contributed by atoms with E-state index in [0.717, 1.165) is 18.4 Å². The zero-order valence-electron chi connectivity index (χ0n) is 13.2. The maximum Gasteiger partial charge on any atom is 0.226 e. The Labute approximate surface area is 130 Å². The monoisotopic (exact) mass is 306 g/mol. The molecule has 2 amide bonds. The van der Waals surface area contributed by atoms with Crippen LogP contribution in [-0.4, -0.2) is 48.8 Å². The van der Waals surface area contributed by atoms with Gasteiger partial charge in [0.1, 0.15) is 5.82 Å². The molecule has 1 aromatic carbocycles. The van der Waals surface area contributed by atoms with E-state index in [-0.39, 0.29) is 17.6 Å². The van der Waals surface area contributed by atoms with E-state index in [0.29, 0.717) is 31.8 Å². The number of halogens is 1. The van der Waals surface area contributed by atoms with Gasteiger partial charge in [0.2, 0.25) is 11.8 Å². The summed E-state index contributed by atoms with van der Waals surface area (Å²) in [5, 5.41) is 0. The average molecular weight is 306 g/mol. The van der Waals surface area contributed by atoms with Gasteiger partial charge in [-0.25, -0.2) is 4.39 Å². The van der Waals surface area contributed by atoms with E-state index in [1.807, 2.05) is 4.90 Å². The van der Waals surface area contributed by atoms with Gasteiger partial charge >= 0.3 is 0 Å². The van der Waals surface area contributed by atoms with Crippen molar-refractivity contribution in [3.05, 3.63) is 35.6 Å². The van der Waals surface area contributed by atoms with Crippen molar-refractivity contribution in [1.29, 1.82) is 0 Å². The Kier molecular flexibility index (Phi) is 5.52. The predicted octanol–water partition coefficient (Wildman–Crippen LogP) is 2.09. The highest BCUT2D eigenvalue weighted by molar-refractivity contribution is 5.79. The Morgan fingerprint density at radius 3 is 2.32 bits per heavy atom. The number of rotatable bonds is 4. The summed E-state index contributed by atoms with van der Waals surface area (Å²) in [6, 6.07) is 6.05. The second kappa shape index (κ2) is 7.38. The third kappa shape index (κ3) is 4.55. The molecule has 0 spiro atoms. The molecule has 0 aromatic heterocycles. The van der Waals surface area contributed by atoms with Crippen molar-refractivity contribution in [3.8, 4) is 0 Å². The van der Waals surface area contributed by atoms with Crippen LogP contribution in [0.1, 0.15) is 24.8 Å².